The Morgan fingerprint density at radius 1 is 0.909 bits per heavy atom. The molecule has 1 N–H and O–H groups in total. The zero-order valence-electron chi connectivity index (χ0n) is 11.9. The predicted molar refractivity (Wildman–Crippen MR) is 74.9 cm³/mol. The van der Waals surface area contributed by atoms with Crippen LogP contribution in [0.15, 0.2) is 36.5 Å². The van der Waals surface area contributed by atoms with Crippen molar-refractivity contribution in [3.8, 4) is 5.75 Å². The first-order chi connectivity index (χ1) is 10.5. The summed E-state index contributed by atoms with van der Waals surface area (Å²) in [5.74, 6) is -1.95. The van der Waals surface area contributed by atoms with Crippen LogP contribution in [-0.2, 0) is 9.47 Å². The first kappa shape index (κ1) is 15.3. The zero-order valence-corrected chi connectivity index (χ0v) is 11.9. The van der Waals surface area contributed by atoms with E-state index in [0.717, 1.165) is 0 Å². The van der Waals surface area contributed by atoms with Crippen molar-refractivity contribution >= 4 is 17.9 Å². The summed E-state index contributed by atoms with van der Waals surface area (Å²) in [5.41, 5.74) is 0.377. The van der Waals surface area contributed by atoms with Gasteiger partial charge in [-0.15, -0.1) is 0 Å². The summed E-state index contributed by atoms with van der Waals surface area (Å²) in [7, 11) is 2.41. The van der Waals surface area contributed by atoms with E-state index in [4.69, 9.17) is 4.74 Å². The van der Waals surface area contributed by atoms with Crippen LogP contribution in [-0.4, -0.2) is 37.1 Å². The fourth-order valence-corrected chi connectivity index (χ4v) is 1.75. The maximum absolute atomic E-state index is 11.9. The zero-order chi connectivity index (χ0) is 16.1. The van der Waals surface area contributed by atoms with E-state index in [9.17, 15) is 14.4 Å². The molecule has 0 aliphatic heterocycles. The Morgan fingerprint density at radius 3 is 1.95 bits per heavy atom. The van der Waals surface area contributed by atoms with Crippen LogP contribution in [0.4, 0.5) is 0 Å². The number of rotatable bonds is 4. The van der Waals surface area contributed by atoms with Crippen molar-refractivity contribution in [2.24, 2.45) is 0 Å². The summed E-state index contributed by atoms with van der Waals surface area (Å²) in [5, 5.41) is 0. The quantitative estimate of drug-likeness (QED) is 0.683. The third kappa shape index (κ3) is 3.32. The van der Waals surface area contributed by atoms with Gasteiger partial charge >= 0.3 is 17.9 Å². The van der Waals surface area contributed by atoms with Gasteiger partial charge in [0.1, 0.15) is 11.4 Å². The smallest absolute Gasteiger partial charge is 0.360 e. The Balaban J connectivity index is 2.35. The van der Waals surface area contributed by atoms with Crippen molar-refractivity contribution in [2.75, 3.05) is 14.2 Å². The fraction of sp³-hybridized carbons (Fsp3) is 0.133. The van der Waals surface area contributed by atoms with Crippen LogP contribution in [0.2, 0.25) is 0 Å². The molecule has 0 atom stereocenters. The average molecular weight is 303 g/mol. The molecule has 0 aliphatic carbocycles. The minimum absolute atomic E-state index is 0.0305. The summed E-state index contributed by atoms with van der Waals surface area (Å²) in [6.45, 7) is 0. The molecule has 0 radical (unpaired) electrons. The van der Waals surface area contributed by atoms with Crippen LogP contribution in [0.25, 0.3) is 0 Å². The standard InChI is InChI=1S/C15H13NO6/c1-20-13(17)9-6-10(14(18)21-2)8-11(7-9)22-15(19)12-4-3-5-16-12/h3-8,16H,1-2H3. The van der Waals surface area contributed by atoms with Crippen molar-refractivity contribution in [3.63, 3.8) is 0 Å². The van der Waals surface area contributed by atoms with E-state index in [1.165, 1.54) is 38.5 Å². The Hall–Kier alpha value is -3.09. The second kappa shape index (κ2) is 6.57. The van der Waals surface area contributed by atoms with Crippen LogP contribution < -0.4 is 4.74 Å². The van der Waals surface area contributed by atoms with Gasteiger partial charge in [0.15, 0.2) is 0 Å². The summed E-state index contributed by atoms with van der Waals surface area (Å²) in [6.07, 6.45) is 1.57. The third-order valence-corrected chi connectivity index (χ3v) is 2.78. The number of hydrogen-bond acceptors (Lipinski definition) is 6. The SMILES string of the molecule is COC(=O)c1cc(OC(=O)c2ccc[nH]2)cc(C(=O)OC)c1. The molecule has 7 heteroatoms. The number of benzene rings is 1. The van der Waals surface area contributed by atoms with Gasteiger partial charge in [0, 0.05) is 6.20 Å². The van der Waals surface area contributed by atoms with Crippen LogP contribution in [0.1, 0.15) is 31.2 Å². The summed E-state index contributed by atoms with van der Waals surface area (Å²) >= 11 is 0. The van der Waals surface area contributed by atoms with Crippen molar-refractivity contribution in [3.05, 3.63) is 53.3 Å². The molecule has 7 nitrogen and oxygen atoms in total. The lowest BCUT2D eigenvalue weighted by Gasteiger charge is -2.08. The molecule has 1 heterocycles. The normalized spacial score (nSPS) is 9.91. The molecule has 1 aromatic heterocycles. The Labute approximate surface area is 125 Å². The lowest BCUT2D eigenvalue weighted by Crippen LogP contribution is -2.12. The first-order valence-electron chi connectivity index (χ1n) is 6.22. The molecular formula is C15H13NO6. The van der Waals surface area contributed by atoms with Gasteiger partial charge < -0.3 is 19.2 Å². The molecule has 0 saturated heterocycles. The van der Waals surface area contributed by atoms with E-state index in [1.807, 2.05) is 0 Å². The predicted octanol–water partition coefficient (Wildman–Crippen LogP) is 1.81. The van der Waals surface area contributed by atoms with Gasteiger partial charge in [0.05, 0.1) is 25.3 Å². The molecule has 0 aliphatic rings. The Morgan fingerprint density at radius 2 is 1.50 bits per heavy atom. The molecule has 0 saturated carbocycles. The molecule has 2 aromatic rings. The molecule has 0 amide bonds. The number of aromatic amines is 1. The largest absolute Gasteiger partial charge is 0.465 e. The van der Waals surface area contributed by atoms with Gasteiger partial charge in [-0.1, -0.05) is 0 Å². The fourth-order valence-electron chi connectivity index (χ4n) is 1.75. The Kier molecular flexibility index (Phi) is 4.57. The van der Waals surface area contributed by atoms with Gasteiger partial charge in [0.2, 0.25) is 0 Å². The molecule has 0 fully saturated rings. The highest BCUT2D eigenvalue weighted by molar-refractivity contribution is 5.96. The minimum Gasteiger partial charge on any atom is -0.465 e. The van der Waals surface area contributed by atoms with Crippen molar-refractivity contribution < 1.29 is 28.6 Å². The van der Waals surface area contributed by atoms with E-state index < -0.39 is 17.9 Å². The molecule has 0 spiro atoms. The molecule has 22 heavy (non-hydrogen) atoms. The highest BCUT2D eigenvalue weighted by Gasteiger charge is 2.17. The molecule has 0 bridgehead atoms. The van der Waals surface area contributed by atoms with Gasteiger partial charge in [-0.25, -0.2) is 14.4 Å². The van der Waals surface area contributed by atoms with E-state index in [1.54, 1.807) is 12.3 Å². The molecule has 0 unspecified atom stereocenters. The number of hydrogen-bond donors (Lipinski definition) is 1. The number of aromatic nitrogens is 1. The first-order valence-corrected chi connectivity index (χ1v) is 6.22. The van der Waals surface area contributed by atoms with Crippen LogP contribution in [0.5, 0.6) is 5.75 Å². The molecule has 2 rings (SSSR count). The lowest BCUT2D eigenvalue weighted by atomic mass is 10.1. The number of H-pyrrole nitrogens is 1. The summed E-state index contributed by atoms with van der Waals surface area (Å²) in [4.78, 5) is 37.8. The molecular weight excluding hydrogens is 290 g/mol. The average Bonchev–Trinajstić information content (AvgIpc) is 3.07. The highest BCUT2D eigenvalue weighted by atomic mass is 16.5. The van der Waals surface area contributed by atoms with Crippen molar-refractivity contribution in [1.82, 2.24) is 4.98 Å². The summed E-state index contributed by atoms with van der Waals surface area (Å²) in [6, 6.07) is 7.08. The number of carbonyl (C=O) groups is 3. The van der Waals surface area contributed by atoms with E-state index in [-0.39, 0.29) is 22.6 Å². The van der Waals surface area contributed by atoms with Gasteiger partial charge in [0.25, 0.3) is 0 Å². The second-order valence-corrected chi connectivity index (χ2v) is 4.20. The van der Waals surface area contributed by atoms with Crippen molar-refractivity contribution in [2.45, 2.75) is 0 Å². The topological polar surface area (TPSA) is 94.7 Å². The molecule has 114 valence electrons. The van der Waals surface area contributed by atoms with Crippen LogP contribution in [0.3, 0.4) is 0 Å². The molecule has 1 aromatic carbocycles. The van der Waals surface area contributed by atoms with Gasteiger partial charge in [-0.3, -0.25) is 0 Å². The number of esters is 3. The number of carbonyl (C=O) groups excluding carboxylic acids is 3. The van der Waals surface area contributed by atoms with Gasteiger partial charge in [-0.2, -0.15) is 0 Å². The van der Waals surface area contributed by atoms with Crippen LogP contribution >= 0.6 is 0 Å². The lowest BCUT2D eigenvalue weighted by molar-refractivity contribution is 0.0593. The highest BCUT2D eigenvalue weighted by Crippen LogP contribution is 2.20. The second-order valence-electron chi connectivity index (χ2n) is 4.20. The van der Waals surface area contributed by atoms with Crippen molar-refractivity contribution in [1.29, 1.82) is 0 Å². The number of nitrogens with one attached hydrogen (secondary N) is 1. The van der Waals surface area contributed by atoms with E-state index in [0.29, 0.717) is 0 Å². The van der Waals surface area contributed by atoms with Crippen LogP contribution in [0, 0.1) is 0 Å². The van der Waals surface area contributed by atoms with E-state index in [2.05, 4.69) is 14.5 Å². The summed E-state index contributed by atoms with van der Waals surface area (Å²) < 4.78 is 14.3. The Bertz CT molecular complexity index is 671. The van der Waals surface area contributed by atoms with Gasteiger partial charge in [-0.05, 0) is 30.3 Å². The minimum atomic E-state index is -0.664. The number of methoxy groups -OCH3 is 2. The maximum Gasteiger partial charge on any atom is 0.360 e. The monoisotopic (exact) mass is 303 g/mol. The van der Waals surface area contributed by atoms with E-state index >= 15 is 0 Å². The third-order valence-electron chi connectivity index (χ3n) is 2.78. The number of ether oxygens (including phenoxy) is 3. The maximum atomic E-state index is 11.9.